The first-order valence-electron chi connectivity index (χ1n) is 1.22. The van der Waals surface area contributed by atoms with E-state index in [1.165, 1.54) is 0 Å². The number of hydrogen-bond donors (Lipinski definition) is 0. The molecular weight excluding hydrogens is 264 g/mol. The molecule has 6 nitrogen and oxygen atoms in total. The van der Waals surface area contributed by atoms with Crippen LogP contribution in [0.5, 0.6) is 0 Å². The molecule has 0 saturated carbocycles. The van der Waals surface area contributed by atoms with Gasteiger partial charge in [0.15, 0.2) is 0 Å². The largest absolute Gasteiger partial charge is 3.00 e. The van der Waals surface area contributed by atoms with Gasteiger partial charge in [-0.1, -0.05) is 0 Å². The fourth-order valence-electron chi connectivity index (χ4n) is 0. The molecule has 10 heavy (non-hydrogen) atoms. The summed E-state index contributed by atoms with van der Waals surface area (Å²) in [7, 11) is -7.26. The minimum Gasteiger partial charge on any atom is -0.672 e. The predicted molar refractivity (Wildman–Crippen MR) is 12.9 cm³/mol. The molecular formula is NaO6Si2Y. The quantitative estimate of drug-likeness (QED) is 0.400. The van der Waals surface area contributed by atoms with Gasteiger partial charge < -0.3 is 28.1 Å². The van der Waals surface area contributed by atoms with E-state index in [2.05, 4.69) is 0 Å². The number of rotatable bonds is 0. The minimum absolute atomic E-state index is 0. The van der Waals surface area contributed by atoms with Crippen LogP contribution in [-0.2, 0) is 41.6 Å². The van der Waals surface area contributed by atoms with Crippen molar-refractivity contribution in [2.75, 3.05) is 0 Å². The van der Waals surface area contributed by atoms with Gasteiger partial charge in [-0.15, -0.1) is 0 Å². The molecule has 0 aromatic carbocycles. The zero-order valence-corrected chi connectivity index (χ0v) is 11.9. The van der Waals surface area contributed by atoms with E-state index in [1.807, 2.05) is 0 Å². The molecule has 0 bridgehead atoms. The topological polar surface area (TPSA) is 126 Å². The fourth-order valence-corrected chi connectivity index (χ4v) is 0. The predicted octanol–water partition coefficient (Wildman–Crippen LogP) is -8.75. The smallest absolute Gasteiger partial charge is 0.672 e. The monoisotopic (exact) mass is 264 g/mol. The maximum absolute atomic E-state index is 8.52. The van der Waals surface area contributed by atoms with Crippen LogP contribution in [0.4, 0.5) is 0 Å². The first-order valence-corrected chi connectivity index (χ1v) is 3.67. The van der Waals surface area contributed by atoms with Gasteiger partial charge in [-0.2, -0.15) is 0 Å². The maximum atomic E-state index is 8.52. The van der Waals surface area contributed by atoms with Crippen molar-refractivity contribution in [2.24, 2.45) is 0 Å². The van der Waals surface area contributed by atoms with Crippen molar-refractivity contribution in [2.45, 2.75) is 0 Å². The maximum Gasteiger partial charge on any atom is 3.00 e. The van der Waals surface area contributed by atoms with Crippen LogP contribution >= 0.6 is 0 Å². The average Bonchev–Trinajstić information content (AvgIpc) is 1.25. The van der Waals surface area contributed by atoms with E-state index < -0.39 is 18.3 Å². The Kier molecular flexibility index (Phi) is 37.7. The summed E-state index contributed by atoms with van der Waals surface area (Å²) in [6.45, 7) is 0. The standard InChI is InChI=1S/Na.2O3Si.Y/c;2*1-4(2)3;/q+1;2*-2;+3. The summed E-state index contributed by atoms with van der Waals surface area (Å²) in [6, 6.07) is 0. The second-order valence-corrected chi connectivity index (χ2v) is 1.50. The molecule has 0 amide bonds. The Balaban J connectivity index is -0.0000000300. The summed E-state index contributed by atoms with van der Waals surface area (Å²) in [5, 5.41) is 0. The molecule has 0 aliphatic rings. The van der Waals surface area contributed by atoms with Crippen molar-refractivity contribution in [1.82, 2.24) is 0 Å². The van der Waals surface area contributed by atoms with Gasteiger partial charge in [0.2, 0.25) is 0 Å². The fraction of sp³-hybridized carbons (Fsp3) is 0. The van der Waals surface area contributed by atoms with E-state index in [-0.39, 0.29) is 62.3 Å². The van der Waals surface area contributed by atoms with Crippen molar-refractivity contribution in [1.29, 1.82) is 0 Å². The van der Waals surface area contributed by atoms with E-state index in [9.17, 15) is 0 Å². The molecule has 0 aromatic heterocycles. The summed E-state index contributed by atoms with van der Waals surface area (Å²) >= 11 is 0. The first-order chi connectivity index (χ1) is 3.46. The minimum atomic E-state index is -3.63. The molecule has 0 N–H and O–H groups in total. The van der Waals surface area contributed by atoms with Gasteiger partial charge in [0.05, 0.1) is 0 Å². The second-order valence-electron chi connectivity index (χ2n) is 0.500. The molecule has 0 aliphatic carbocycles. The molecule has 0 atom stereocenters. The third-order valence-electron chi connectivity index (χ3n) is 0. The summed E-state index contributed by atoms with van der Waals surface area (Å²) < 4.78 is 17.0. The Labute approximate surface area is 107 Å². The van der Waals surface area contributed by atoms with E-state index in [0.29, 0.717) is 0 Å². The SMILES string of the molecule is O=[Si]([O-])[O-].O=[Si]([O-])[O-].[Na+].[Y+3]. The molecule has 0 saturated heterocycles. The number of hydrogen-bond acceptors (Lipinski definition) is 6. The van der Waals surface area contributed by atoms with E-state index in [1.54, 1.807) is 0 Å². The normalized spacial score (nSPS) is 4.80. The first kappa shape index (κ1) is 22.5. The Hall–Kier alpha value is 1.34. The third kappa shape index (κ3) is 363. The van der Waals surface area contributed by atoms with Gasteiger partial charge in [0.25, 0.3) is 0 Å². The summed E-state index contributed by atoms with van der Waals surface area (Å²) in [6.07, 6.45) is 0. The summed E-state index contributed by atoms with van der Waals surface area (Å²) in [5.74, 6) is 0. The molecule has 0 aliphatic heterocycles. The molecule has 0 heterocycles. The zero-order chi connectivity index (χ0) is 7.15. The Morgan fingerprint density at radius 2 is 0.800 bits per heavy atom. The van der Waals surface area contributed by atoms with Crippen molar-refractivity contribution in [3.05, 3.63) is 0 Å². The molecule has 0 aromatic rings. The average molecular weight is 264 g/mol. The van der Waals surface area contributed by atoms with Crippen LogP contribution in [0.2, 0.25) is 0 Å². The van der Waals surface area contributed by atoms with Crippen molar-refractivity contribution in [3.63, 3.8) is 0 Å². The van der Waals surface area contributed by atoms with Crippen LogP contribution < -0.4 is 48.7 Å². The summed E-state index contributed by atoms with van der Waals surface area (Å²) in [5.41, 5.74) is 0. The molecule has 0 radical (unpaired) electrons. The Bertz CT molecular complexity index is 73.7. The van der Waals surface area contributed by atoms with Crippen LogP contribution in [0.1, 0.15) is 0 Å². The zero-order valence-electron chi connectivity index (χ0n) is 5.03. The molecule has 0 rings (SSSR count). The van der Waals surface area contributed by atoms with Crippen molar-refractivity contribution < 1.29 is 90.4 Å². The van der Waals surface area contributed by atoms with Crippen LogP contribution in [0, 0.1) is 0 Å². The molecule has 48 valence electrons. The Morgan fingerprint density at radius 3 is 0.800 bits per heavy atom. The van der Waals surface area contributed by atoms with Gasteiger partial charge >= 0.3 is 62.3 Å². The molecule has 0 spiro atoms. The third-order valence-corrected chi connectivity index (χ3v) is 0. The van der Waals surface area contributed by atoms with Crippen LogP contribution in [0.25, 0.3) is 0 Å². The molecule has 10 heteroatoms. The summed E-state index contributed by atoms with van der Waals surface area (Å²) in [4.78, 5) is 34.1. The molecule has 0 unspecified atom stereocenters. The van der Waals surface area contributed by atoms with Crippen LogP contribution in [0.3, 0.4) is 0 Å². The second kappa shape index (κ2) is 16.7. The molecule has 0 fully saturated rings. The van der Waals surface area contributed by atoms with Gasteiger partial charge in [-0.05, 0) is 0 Å². The van der Waals surface area contributed by atoms with Gasteiger partial charge in [-0.25, -0.2) is 0 Å². The van der Waals surface area contributed by atoms with E-state index in [0.717, 1.165) is 0 Å². The van der Waals surface area contributed by atoms with Gasteiger partial charge in [0, 0.05) is 18.3 Å². The van der Waals surface area contributed by atoms with Crippen LogP contribution in [-0.4, -0.2) is 18.3 Å². The van der Waals surface area contributed by atoms with Gasteiger partial charge in [0.1, 0.15) is 0 Å². The van der Waals surface area contributed by atoms with Crippen molar-refractivity contribution in [3.8, 4) is 0 Å². The van der Waals surface area contributed by atoms with E-state index in [4.69, 9.17) is 28.1 Å². The van der Waals surface area contributed by atoms with Crippen molar-refractivity contribution >= 4 is 18.3 Å². The van der Waals surface area contributed by atoms with Crippen LogP contribution in [0.15, 0.2) is 0 Å². The van der Waals surface area contributed by atoms with E-state index >= 15 is 0 Å². The Morgan fingerprint density at radius 1 is 0.800 bits per heavy atom. The van der Waals surface area contributed by atoms with Gasteiger partial charge in [-0.3, -0.25) is 0 Å².